The van der Waals surface area contributed by atoms with Gasteiger partial charge in [-0.15, -0.1) is 0 Å². The van der Waals surface area contributed by atoms with Crippen LogP contribution >= 0.6 is 11.6 Å². The number of benzene rings is 2. The Balaban J connectivity index is 1.46. The monoisotopic (exact) mass is 422 g/mol. The average molecular weight is 423 g/mol. The lowest BCUT2D eigenvalue weighted by Gasteiger charge is -2.40. The molecule has 0 aliphatic carbocycles. The van der Waals surface area contributed by atoms with Crippen molar-refractivity contribution in [1.29, 1.82) is 0 Å². The first-order valence-electron chi connectivity index (χ1n) is 9.88. The SMILES string of the molecule is Cc1ccc(Cl)c(Oc2cc(N3CCN(C(=O)c4ccccc4)[C@H](C)C3)ncn2)c1. The highest BCUT2D eigenvalue weighted by atomic mass is 35.5. The van der Waals surface area contributed by atoms with Crippen molar-refractivity contribution in [3.05, 3.63) is 77.1 Å². The van der Waals surface area contributed by atoms with Crippen LogP contribution in [0.3, 0.4) is 0 Å². The molecular formula is C23H23ClN4O2. The number of rotatable bonds is 4. The molecule has 0 N–H and O–H groups in total. The number of amides is 1. The van der Waals surface area contributed by atoms with E-state index in [0.717, 1.165) is 11.4 Å². The summed E-state index contributed by atoms with van der Waals surface area (Å²) in [4.78, 5) is 25.5. The number of piperazine rings is 1. The van der Waals surface area contributed by atoms with E-state index < -0.39 is 0 Å². The van der Waals surface area contributed by atoms with Crippen LogP contribution in [-0.2, 0) is 0 Å². The number of carbonyl (C=O) groups excluding carboxylic acids is 1. The van der Waals surface area contributed by atoms with Gasteiger partial charge in [0.15, 0.2) is 0 Å². The molecule has 7 heteroatoms. The summed E-state index contributed by atoms with van der Waals surface area (Å²) in [6, 6.07) is 16.9. The Morgan fingerprint density at radius 2 is 1.90 bits per heavy atom. The number of carbonyl (C=O) groups is 1. The van der Waals surface area contributed by atoms with Gasteiger partial charge in [-0.2, -0.15) is 0 Å². The quantitative estimate of drug-likeness (QED) is 0.615. The van der Waals surface area contributed by atoms with Gasteiger partial charge in [-0.25, -0.2) is 9.97 Å². The minimum absolute atomic E-state index is 0.0528. The predicted molar refractivity (Wildman–Crippen MR) is 117 cm³/mol. The van der Waals surface area contributed by atoms with Crippen LogP contribution in [0, 0.1) is 6.92 Å². The van der Waals surface area contributed by atoms with E-state index in [4.69, 9.17) is 16.3 Å². The number of anilines is 1. The van der Waals surface area contributed by atoms with Crippen molar-refractivity contribution in [1.82, 2.24) is 14.9 Å². The van der Waals surface area contributed by atoms with Gasteiger partial charge in [0.05, 0.1) is 5.02 Å². The summed E-state index contributed by atoms with van der Waals surface area (Å²) in [6.45, 7) is 6.02. The molecule has 1 aliphatic rings. The lowest BCUT2D eigenvalue weighted by atomic mass is 10.1. The fraction of sp³-hybridized carbons (Fsp3) is 0.261. The van der Waals surface area contributed by atoms with Crippen LogP contribution in [0.25, 0.3) is 0 Å². The lowest BCUT2D eigenvalue weighted by molar-refractivity contribution is 0.0673. The molecule has 0 saturated carbocycles. The van der Waals surface area contributed by atoms with Gasteiger partial charge in [-0.1, -0.05) is 35.9 Å². The second-order valence-corrected chi connectivity index (χ2v) is 7.82. The first-order chi connectivity index (χ1) is 14.5. The molecule has 0 bridgehead atoms. The van der Waals surface area contributed by atoms with Gasteiger partial charge in [-0.3, -0.25) is 4.79 Å². The van der Waals surface area contributed by atoms with Crippen molar-refractivity contribution in [3.63, 3.8) is 0 Å². The van der Waals surface area contributed by atoms with E-state index in [0.29, 0.717) is 41.8 Å². The van der Waals surface area contributed by atoms with Gasteiger partial charge < -0.3 is 14.5 Å². The number of aromatic nitrogens is 2. The molecule has 154 valence electrons. The second kappa shape index (κ2) is 8.71. The van der Waals surface area contributed by atoms with Crippen molar-refractivity contribution >= 4 is 23.3 Å². The van der Waals surface area contributed by atoms with Gasteiger partial charge in [-0.05, 0) is 43.7 Å². The van der Waals surface area contributed by atoms with Crippen LogP contribution in [0.4, 0.5) is 5.82 Å². The van der Waals surface area contributed by atoms with Crippen molar-refractivity contribution in [2.45, 2.75) is 19.9 Å². The topological polar surface area (TPSA) is 58.6 Å². The summed E-state index contributed by atoms with van der Waals surface area (Å²) in [5.74, 6) is 1.82. The highest BCUT2D eigenvalue weighted by Gasteiger charge is 2.28. The summed E-state index contributed by atoms with van der Waals surface area (Å²) >= 11 is 6.23. The lowest BCUT2D eigenvalue weighted by Crippen LogP contribution is -2.54. The molecule has 0 spiro atoms. The fourth-order valence-electron chi connectivity index (χ4n) is 3.57. The predicted octanol–water partition coefficient (Wildman–Crippen LogP) is 4.58. The number of nitrogens with zero attached hydrogens (tertiary/aromatic N) is 4. The Morgan fingerprint density at radius 3 is 2.67 bits per heavy atom. The molecule has 1 saturated heterocycles. The minimum Gasteiger partial charge on any atom is -0.437 e. The third kappa shape index (κ3) is 4.39. The summed E-state index contributed by atoms with van der Waals surface area (Å²) in [6.07, 6.45) is 1.49. The molecule has 1 fully saturated rings. The van der Waals surface area contributed by atoms with Gasteiger partial charge >= 0.3 is 0 Å². The Labute approximate surface area is 181 Å². The number of halogens is 1. The zero-order valence-electron chi connectivity index (χ0n) is 17.0. The molecule has 0 radical (unpaired) electrons. The molecule has 2 heterocycles. The van der Waals surface area contributed by atoms with Gasteiger partial charge in [0.1, 0.15) is 17.9 Å². The van der Waals surface area contributed by atoms with E-state index >= 15 is 0 Å². The molecule has 6 nitrogen and oxygen atoms in total. The average Bonchev–Trinajstić information content (AvgIpc) is 2.76. The number of ether oxygens (including phenoxy) is 1. The van der Waals surface area contributed by atoms with Crippen LogP contribution in [0.1, 0.15) is 22.8 Å². The van der Waals surface area contributed by atoms with Crippen LogP contribution in [0.2, 0.25) is 5.02 Å². The Hall–Kier alpha value is -3.12. The minimum atomic E-state index is 0.0528. The van der Waals surface area contributed by atoms with Crippen molar-refractivity contribution in [2.75, 3.05) is 24.5 Å². The Bertz CT molecular complexity index is 1040. The first kappa shape index (κ1) is 20.2. The molecule has 30 heavy (non-hydrogen) atoms. The smallest absolute Gasteiger partial charge is 0.254 e. The number of aryl methyl sites for hydroxylation is 1. The Kier molecular flexibility index (Phi) is 5.86. The third-order valence-corrected chi connectivity index (χ3v) is 5.47. The third-order valence-electron chi connectivity index (χ3n) is 5.16. The second-order valence-electron chi connectivity index (χ2n) is 7.41. The number of hydrogen-bond acceptors (Lipinski definition) is 5. The molecule has 0 unspecified atom stereocenters. The van der Waals surface area contributed by atoms with E-state index in [1.165, 1.54) is 6.33 Å². The van der Waals surface area contributed by atoms with Crippen LogP contribution in [0.15, 0.2) is 60.9 Å². The summed E-state index contributed by atoms with van der Waals surface area (Å²) in [7, 11) is 0. The highest BCUT2D eigenvalue weighted by molar-refractivity contribution is 6.32. The first-order valence-corrected chi connectivity index (χ1v) is 10.3. The van der Waals surface area contributed by atoms with Crippen LogP contribution in [-0.4, -0.2) is 46.5 Å². The summed E-state index contributed by atoms with van der Waals surface area (Å²) in [5.41, 5.74) is 1.77. The largest absolute Gasteiger partial charge is 0.437 e. The van der Waals surface area contributed by atoms with Crippen LogP contribution in [0.5, 0.6) is 11.6 Å². The Morgan fingerprint density at radius 1 is 1.10 bits per heavy atom. The van der Waals surface area contributed by atoms with Crippen molar-refractivity contribution < 1.29 is 9.53 Å². The van der Waals surface area contributed by atoms with Gasteiger partial charge in [0.25, 0.3) is 5.91 Å². The summed E-state index contributed by atoms with van der Waals surface area (Å²) in [5, 5.41) is 0.530. The molecule has 2 aromatic carbocycles. The maximum atomic E-state index is 12.8. The van der Waals surface area contributed by atoms with Gasteiger partial charge in [0.2, 0.25) is 5.88 Å². The maximum absolute atomic E-state index is 12.8. The van der Waals surface area contributed by atoms with Crippen LogP contribution < -0.4 is 9.64 Å². The summed E-state index contributed by atoms with van der Waals surface area (Å²) < 4.78 is 5.89. The zero-order chi connectivity index (χ0) is 21.1. The van der Waals surface area contributed by atoms with Crippen molar-refractivity contribution in [3.8, 4) is 11.6 Å². The van der Waals surface area contributed by atoms with Crippen molar-refractivity contribution in [2.24, 2.45) is 0 Å². The number of hydrogen-bond donors (Lipinski definition) is 0. The maximum Gasteiger partial charge on any atom is 0.254 e. The molecule has 1 aliphatic heterocycles. The van der Waals surface area contributed by atoms with E-state index in [-0.39, 0.29) is 11.9 Å². The van der Waals surface area contributed by atoms with Gasteiger partial charge in [0, 0.05) is 37.3 Å². The van der Waals surface area contributed by atoms with E-state index in [1.807, 2.05) is 54.3 Å². The molecule has 1 atom stereocenters. The van der Waals surface area contributed by atoms with E-state index in [2.05, 4.69) is 21.8 Å². The normalized spacial score (nSPS) is 16.4. The molecule has 4 rings (SSSR count). The molecule has 1 aromatic heterocycles. The molecule has 3 aromatic rings. The standard InChI is InChI=1S/C23H23ClN4O2/c1-16-8-9-19(24)20(12-16)30-22-13-21(25-15-26-22)27-10-11-28(17(2)14-27)23(29)18-6-4-3-5-7-18/h3-9,12-13,15,17H,10-11,14H2,1-2H3/t17-/m1/s1. The molecule has 1 amide bonds. The fourth-order valence-corrected chi connectivity index (χ4v) is 3.73. The zero-order valence-corrected chi connectivity index (χ0v) is 17.7. The van der Waals surface area contributed by atoms with E-state index in [9.17, 15) is 4.79 Å². The van der Waals surface area contributed by atoms with E-state index in [1.54, 1.807) is 12.1 Å². The highest BCUT2D eigenvalue weighted by Crippen LogP contribution is 2.30. The molecular weight excluding hydrogens is 400 g/mol.